The summed E-state index contributed by atoms with van der Waals surface area (Å²) < 4.78 is 0. The average molecular weight is 290 g/mol. The Morgan fingerprint density at radius 2 is 1.81 bits per heavy atom. The van der Waals surface area contributed by atoms with Crippen molar-refractivity contribution in [2.24, 2.45) is 0 Å². The molecule has 21 heavy (non-hydrogen) atoms. The second kappa shape index (κ2) is 9.22. The van der Waals surface area contributed by atoms with Gasteiger partial charge in [0.25, 0.3) is 0 Å². The van der Waals surface area contributed by atoms with Crippen LogP contribution in [0.5, 0.6) is 0 Å². The van der Waals surface area contributed by atoms with Gasteiger partial charge < -0.3 is 10.2 Å². The van der Waals surface area contributed by atoms with Crippen LogP contribution in [0, 0.1) is 0 Å². The van der Waals surface area contributed by atoms with Gasteiger partial charge in [-0.1, -0.05) is 44.2 Å². The number of likely N-dealkylation sites (N-methyl/N-ethyl adjacent to an activating group) is 1. The highest BCUT2D eigenvalue weighted by atomic mass is 15.2. The lowest BCUT2D eigenvalue weighted by Gasteiger charge is -2.43. The third-order valence-electron chi connectivity index (χ3n) is 4.93. The maximum atomic E-state index is 3.79. The van der Waals surface area contributed by atoms with Gasteiger partial charge in [0.15, 0.2) is 0 Å². The Kier molecular flexibility index (Phi) is 7.98. The SMILES string of the molecule is CCCNC(CCCc1ccccc1)C(C)(CC)N(C)C. The van der Waals surface area contributed by atoms with Crippen LogP contribution in [-0.2, 0) is 6.42 Å². The smallest absolute Gasteiger partial charge is 0.0325 e. The van der Waals surface area contributed by atoms with Gasteiger partial charge in [-0.3, -0.25) is 0 Å². The topological polar surface area (TPSA) is 15.3 Å². The number of benzene rings is 1. The van der Waals surface area contributed by atoms with E-state index in [0.29, 0.717) is 6.04 Å². The van der Waals surface area contributed by atoms with Crippen LogP contribution in [0.3, 0.4) is 0 Å². The normalized spacial score (nSPS) is 15.9. The molecule has 2 atom stereocenters. The Morgan fingerprint density at radius 1 is 1.14 bits per heavy atom. The first-order valence-corrected chi connectivity index (χ1v) is 8.49. The molecule has 0 aromatic heterocycles. The zero-order valence-electron chi connectivity index (χ0n) is 14.7. The molecule has 1 N–H and O–H groups in total. The second-order valence-electron chi connectivity index (χ2n) is 6.49. The molecule has 2 nitrogen and oxygen atoms in total. The van der Waals surface area contributed by atoms with Crippen LogP contribution in [0.1, 0.15) is 52.0 Å². The van der Waals surface area contributed by atoms with Crippen LogP contribution < -0.4 is 5.32 Å². The van der Waals surface area contributed by atoms with Crippen molar-refractivity contribution in [1.29, 1.82) is 0 Å². The summed E-state index contributed by atoms with van der Waals surface area (Å²) >= 11 is 0. The van der Waals surface area contributed by atoms with E-state index in [1.807, 2.05) is 0 Å². The van der Waals surface area contributed by atoms with Crippen LogP contribution in [0.25, 0.3) is 0 Å². The summed E-state index contributed by atoms with van der Waals surface area (Å²) in [6.45, 7) is 8.05. The fraction of sp³-hybridized carbons (Fsp3) is 0.684. The molecular formula is C19H34N2. The maximum absolute atomic E-state index is 3.79. The van der Waals surface area contributed by atoms with E-state index in [4.69, 9.17) is 0 Å². The zero-order valence-corrected chi connectivity index (χ0v) is 14.7. The van der Waals surface area contributed by atoms with Crippen molar-refractivity contribution < 1.29 is 0 Å². The van der Waals surface area contributed by atoms with Gasteiger partial charge in [-0.2, -0.15) is 0 Å². The molecule has 0 aliphatic heterocycles. The molecule has 1 rings (SSSR count). The molecule has 0 aliphatic carbocycles. The lowest BCUT2D eigenvalue weighted by atomic mass is 9.84. The third kappa shape index (κ3) is 5.44. The van der Waals surface area contributed by atoms with Crippen molar-refractivity contribution in [2.45, 2.75) is 64.5 Å². The van der Waals surface area contributed by atoms with Crippen LogP contribution >= 0.6 is 0 Å². The molecule has 0 spiro atoms. The summed E-state index contributed by atoms with van der Waals surface area (Å²) in [4.78, 5) is 2.39. The van der Waals surface area contributed by atoms with Crippen molar-refractivity contribution in [3.05, 3.63) is 35.9 Å². The van der Waals surface area contributed by atoms with Crippen molar-refractivity contribution in [3.63, 3.8) is 0 Å². The standard InChI is InChI=1S/C19H34N2/c1-6-16-20-18(19(3,7-2)21(4)5)15-11-14-17-12-9-8-10-13-17/h8-10,12-13,18,20H,6-7,11,14-16H2,1-5H3. The minimum absolute atomic E-state index is 0.228. The molecule has 120 valence electrons. The zero-order chi connectivity index (χ0) is 15.7. The molecule has 0 radical (unpaired) electrons. The minimum atomic E-state index is 0.228. The first-order chi connectivity index (χ1) is 10.0. The summed E-state index contributed by atoms with van der Waals surface area (Å²) in [6, 6.07) is 11.4. The third-order valence-corrected chi connectivity index (χ3v) is 4.93. The number of nitrogens with zero attached hydrogens (tertiary/aromatic N) is 1. The Bertz CT molecular complexity index is 374. The fourth-order valence-corrected chi connectivity index (χ4v) is 2.98. The first-order valence-electron chi connectivity index (χ1n) is 8.49. The Hall–Kier alpha value is -0.860. The molecule has 0 fully saturated rings. The number of hydrogen-bond donors (Lipinski definition) is 1. The highest BCUT2D eigenvalue weighted by Crippen LogP contribution is 2.25. The van der Waals surface area contributed by atoms with Crippen molar-refractivity contribution in [3.8, 4) is 0 Å². The van der Waals surface area contributed by atoms with Crippen LogP contribution in [0.15, 0.2) is 30.3 Å². The molecule has 2 heteroatoms. The van der Waals surface area contributed by atoms with Gasteiger partial charge in [-0.05, 0) is 65.2 Å². The van der Waals surface area contributed by atoms with Crippen molar-refractivity contribution in [2.75, 3.05) is 20.6 Å². The summed E-state index contributed by atoms with van der Waals surface area (Å²) in [5.74, 6) is 0. The lowest BCUT2D eigenvalue weighted by Crippen LogP contribution is -2.57. The van der Waals surface area contributed by atoms with Gasteiger partial charge in [-0.25, -0.2) is 0 Å². The number of aryl methyl sites for hydroxylation is 1. The predicted octanol–water partition coefficient (Wildman–Crippen LogP) is 4.11. The van der Waals surface area contributed by atoms with Crippen LogP contribution in [-0.4, -0.2) is 37.1 Å². The van der Waals surface area contributed by atoms with Crippen molar-refractivity contribution in [1.82, 2.24) is 10.2 Å². The first kappa shape index (κ1) is 18.2. The molecule has 0 saturated heterocycles. The van der Waals surface area contributed by atoms with Gasteiger partial charge >= 0.3 is 0 Å². The molecule has 0 heterocycles. The molecule has 1 aromatic rings. The Labute approximate surface area is 131 Å². The summed E-state index contributed by atoms with van der Waals surface area (Å²) in [5, 5.41) is 3.79. The highest BCUT2D eigenvalue weighted by molar-refractivity contribution is 5.14. The van der Waals surface area contributed by atoms with Gasteiger partial charge in [0.05, 0.1) is 0 Å². The quantitative estimate of drug-likeness (QED) is 0.697. The van der Waals surface area contributed by atoms with Gasteiger partial charge in [0.1, 0.15) is 0 Å². The summed E-state index contributed by atoms with van der Waals surface area (Å²) in [7, 11) is 4.42. The van der Waals surface area contributed by atoms with Gasteiger partial charge in [-0.15, -0.1) is 0 Å². The number of hydrogen-bond acceptors (Lipinski definition) is 2. The minimum Gasteiger partial charge on any atom is -0.312 e. The maximum Gasteiger partial charge on any atom is 0.0325 e. The molecule has 0 aliphatic rings. The fourth-order valence-electron chi connectivity index (χ4n) is 2.98. The molecule has 0 amide bonds. The van der Waals surface area contributed by atoms with Gasteiger partial charge in [0.2, 0.25) is 0 Å². The van der Waals surface area contributed by atoms with E-state index < -0.39 is 0 Å². The molecule has 1 aromatic carbocycles. The molecular weight excluding hydrogens is 256 g/mol. The van der Waals surface area contributed by atoms with E-state index in [9.17, 15) is 0 Å². The lowest BCUT2D eigenvalue weighted by molar-refractivity contribution is 0.107. The average Bonchev–Trinajstić information content (AvgIpc) is 2.50. The van der Waals surface area contributed by atoms with E-state index in [1.54, 1.807) is 0 Å². The Balaban J connectivity index is 2.61. The largest absolute Gasteiger partial charge is 0.312 e. The number of nitrogens with one attached hydrogen (secondary N) is 1. The van der Waals surface area contributed by atoms with Crippen molar-refractivity contribution >= 4 is 0 Å². The van der Waals surface area contributed by atoms with E-state index in [2.05, 4.69) is 75.4 Å². The second-order valence-corrected chi connectivity index (χ2v) is 6.49. The van der Waals surface area contributed by atoms with Crippen LogP contribution in [0.4, 0.5) is 0 Å². The molecule has 0 saturated carbocycles. The summed E-state index contributed by atoms with van der Waals surface area (Å²) in [6.07, 6.45) is 6.03. The monoisotopic (exact) mass is 290 g/mol. The van der Waals surface area contributed by atoms with E-state index in [-0.39, 0.29) is 5.54 Å². The number of rotatable bonds is 10. The Morgan fingerprint density at radius 3 is 2.33 bits per heavy atom. The van der Waals surface area contributed by atoms with Crippen LogP contribution in [0.2, 0.25) is 0 Å². The van der Waals surface area contributed by atoms with E-state index >= 15 is 0 Å². The van der Waals surface area contributed by atoms with E-state index in [1.165, 1.54) is 37.7 Å². The summed E-state index contributed by atoms with van der Waals surface area (Å²) in [5.41, 5.74) is 1.68. The molecule has 0 bridgehead atoms. The van der Waals surface area contributed by atoms with E-state index in [0.717, 1.165) is 6.54 Å². The van der Waals surface area contributed by atoms with Gasteiger partial charge in [0, 0.05) is 11.6 Å². The highest BCUT2D eigenvalue weighted by Gasteiger charge is 2.33. The predicted molar refractivity (Wildman–Crippen MR) is 93.8 cm³/mol. The molecule has 2 unspecified atom stereocenters.